The molecular weight excluding hydrogens is 520 g/mol. The van der Waals surface area contributed by atoms with E-state index >= 15 is 0 Å². The monoisotopic (exact) mass is 560 g/mol. The molecular formula is C32H40N4O5. The molecule has 9 heteroatoms. The first kappa shape index (κ1) is 30.1. The minimum atomic E-state index is -1.04. The second-order valence-electron chi connectivity index (χ2n) is 11.2. The van der Waals surface area contributed by atoms with Gasteiger partial charge < -0.3 is 19.7 Å². The average molecular weight is 561 g/mol. The molecule has 2 aromatic heterocycles. The number of carbonyl (C=O) groups is 2. The molecule has 1 amide bonds. The minimum absolute atomic E-state index is 0.118. The number of hydrogen-bond acceptors (Lipinski definition) is 6. The molecule has 218 valence electrons. The molecule has 2 atom stereocenters. The first-order valence-electron chi connectivity index (χ1n) is 14.2. The molecule has 1 aromatic carbocycles. The highest BCUT2D eigenvalue weighted by Crippen LogP contribution is 2.29. The fourth-order valence-electron chi connectivity index (χ4n) is 5.45. The summed E-state index contributed by atoms with van der Waals surface area (Å²) in [6.07, 6.45) is 5.22. The molecule has 41 heavy (non-hydrogen) atoms. The summed E-state index contributed by atoms with van der Waals surface area (Å²) in [4.78, 5) is 45.4. The van der Waals surface area contributed by atoms with Crippen LogP contribution in [0.15, 0.2) is 59.8 Å². The van der Waals surface area contributed by atoms with Crippen molar-refractivity contribution in [2.45, 2.75) is 59.2 Å². The Morgan fingerprint density at radius 3 is 2.44 bits per heavy atom. The highest BCUT2D eigenvalue weighted by molar-refractivity contribution is 5.82. The Kier molecular flexibility index (Phi) is 10.1. The van der Waals surface area contributed by atoms with Crippen LogP contribution in [0, 0.1) is 19.8 Å². The van der Waals surface area contributed by atoms with Crippen LogP contribution >= 0.6 is 0 Å². The van der Waals surface area contributed by atoms with Crippen molar-refractivity contribution in [1.29, 1.82) is 0 Å². The largest absolute Gasteiger partial charge is 0.481 e. The van der Waals surface area contributed by atoms with Crippen molar-refractivity contribution in [2.24, 2.45) is 5.92 Å². The van der Waals surface area contributed by atoms with Gasteiger partial charge in [-0.2, -0.15) is 0 Å². The summed E-state index contributed by atoms with van der Waals surface area (Å²) < 4.78 is 6.94. The lowest BCUT2D eigenvalue weighted by Crippen LogP contribution is -2.40. The lowest BCUT2D eigenvalue weighted by Gasteiger charge is -2.28. The fraction of sp³-hybridized carbons (Fsp3) is 0.438. The zero-order valence-corrected chi connectivity index (χ0v) is 24.3. The minimum Gasteiger partial charge on any atom is -0.481 e. The molecule has 1 aliphatic heterocycles. The van der Waals surface area contributed by atoms with Gasteiger partial charge in [0.05, 0.1) is 25.7 Å². The number of rotatable bonds is 11. The van der Waals surface area contributed by atoms with Crippen LogP contribution in [0.2, 0.25) is 0 Å². The average Bonchev–Trinajstić information content (AvgIpc) is 2.93. The smallest absolute Gasteiger partial charge is 0.305 e. The summed E-state index contributed by atoms with van der Waals surface area (Å²) in [7, 11) is 0. The van der Waals surface area contributed by atoms with Gasteiger partial charge in [0.25, 0.3) is 5.56 Å². The van der Waals surface area contributed by atoms with Gasteiger partial charge in [0.2, 0.25) is 5.91 Å². The third-order valence-electron chi connectivity index (χ3n) is 7.47. The number of benzene rings is 1. The van der Waals surface area contributed by atoms with E-state index in [1.807, 2.05) is 52.0 Å². The quantitative estimate of drug-likeness (QED) is 0.360. The molecule has 2 N–H and O–H groups in total. The predicted octanol–water partition coefficient (Wildman–Crippen LogP) is 4.28. The number of aromatic nitrogens is 2. The lowest BCUT2D eigenvalue weighted by atomic mass is 9.94. The fourth-order valence-corrected chi connectivity index (χ4v) is 5.45. The Morgan fingerprint density at radius 2 is 1.78 bits per heavy atom. The molecule has 0 unspecified atom stereocenters. The number of pyridine rings is 2. The van der Waals surface area contributed by atoms with Gasteiger partial charge in [-0.3, -0.25) is 24.3 Å². The molecule has 4 rings (SSSR count). The van der Waals surface area contributed by atoms with E-state index in [0.717, 1.165) is 40.9 Å². The summed E-state index contributed by atoms with van der Waals surface area (Å²) in [6, 6.07) is 9.62. The molecule has 9 nitrogen and oxygen atoms in total. The number of amides is 1. The van der Waals surface area contributed by atoms with Gasteiger partial charge in [0, 0.05) is 49.9 Å². The molecule has 0 saturated carbocycles. The second-order valence-corrected chi connectivity index (χ2v) is 11.2. The molecule has 3 heterocycles. The van der Waals surface area contributed by atoms with Crippen molar-refractivity contribution in [1.82, 2.24) is 19.8 Å². The standard InChI is InChI=1S/C32H40N4O5/c1-21(2)14-28(36-20-24(8-9-29(36)37)19-35-10-12-41-13-11-35)32(40)34-27(16-30(38)39)25-15-26(18-33-17-25)31-22(3)6-5-7-23(31)4/h5-9,15,17-18,20-21,27-28H,10-14,16,19H2,1-4H3,(H,34,40)(H,38,39)/t27-,28+/m0/s1. The van der Waals surface area contributed by atoms with Crippen molar-refractivity contribution in [3.63, 3.8) is 0 Å². The van der Waals surface area contributed by atoms with E-state index in [2.05, 4.69) is 15.2 Å². The number of aryl methyl sites for hydroxylation is 2. The van der Waals surface area contributed by atoms with E-state index in [-0.39, 0.29) is 17.9 Å². The molecule has 0 radical (unpaired) electrons. The zero-order valence-electron chi connectivity index (χ0n) is 24.3. The number of morpholine rings is 1. The molecule has 1 aliphatic rings. The van der Waals surface area contributed by atoms with Gasteiger partial charge in [-0.1, -0.05) is 38.1 Å². The Morgan fingerprint density at radius 1 is 1.07 bits per heavy atom. The lowest BCUT2D eigenvalue weighted by molar-refractivity contribution is -0.138. The van der Waals surface area contributed by atoms with E-state index in [1.54, 1.807) is 24.7 Å². The van der Waals surface area contributed by atoms with Crippen LogP contribution in [0.3, 0.4) is 0 Å². The van der Waals surface area contributed by atoms with Crippen molar-refractivity contribution in [2.75, 3.05) is 26.3 Å². The molecule has 0 aliphatic carbocycles. The predicted molar refractivity (Wildman–Crippen MR) is 158 cm³/mol. The van der Waals surface area contributed by atoms with Gasteiger partial charge >= 0.3 is 5.97 Å². The number of carboxylic acids is 1. The van der Waals surface area contributed by atoms with Crippen LogP contribution < -0.4 is 10.9 Å². The topological polar surface area (TPSA) is 114 Å². The van der Waals surface area contributed by atoms with E-state index in [0.29, 0.717) is 31.7 Å². The Bertz CT molecular complexity index is 1410. The van der Waals surface area contributed by atoms with Crippen LogP contribution in [-0.2, 0) is 20.9 Å². The number of nitrogens with one attached hydrogen (secondary N) is 1. The molecule has 3 aromatic rings. The number of nitrogens with zero attached hydrogens (tertiary/aromatic N) is 3. The van der Waals surface area contributed by atoms with Crippen LogP contribution in [0.4, 0.5) is 0 Å². The number of hydrogen-bond donors (Lipinski definition) is 2. The van der Waals surface area contributed by atoms with Crippen LogP contribution in [0.5, 0.6) is 0 Å². The second kappa shape index (κ2) is 13.7. The maximum absolute atomic E-state index is 13.8. The number of ether oxygens (including phenoxy) is 1. The van der Waals surface area contributed by atoms with Gasteiger partial charge in [0.15, 0.2) is 0 Å². The third kappa shape index (κ3) is 7.89. The SMILES string of the molecule is Cc1cccc(C)c1-c1cncc([C@H](CC(=O)O)NC(=O)[C@@H](CC(C)C)n2cc(CN3CCOCC3)ccc2=O)c1. The molecule has 0 spiro atoms. The van der Waals surface area contributed by atoms with Crippen molar-refractivity contribution in [3.8, 4) is 11.1 Å². The van der Waals surface area contributed by atoms with Crippen LogP contribution in [0.1, 0.15) is 61.0 Å². The highest BCUT2D eigenvalue weighted by atomic mass is 16.5. The molecule has 0 bridgehead atoms. The zero-order chi connectivity index (χ0) is 29.5. The summed E-state index contributed by atoms with van der Waals surface area (Å²) in [5.41, 5.74) is 5.30. The summed E-state index contributed by atoms with van der Waals surface area (Å²) in [6.45, 7) is 11.6. The van der Waals surface area contributed by atoms with E-state index < -0.39 is 24.0 Å². The van der Waals surface area contributed by atoms with E-state index in [1.165, 1.54) is 10.6 Å². The number of aliphatic carboxylic acids is 1. The van der Waals surface area contributed by atoms with Gasteiger partial charge in [-0.25, -0.2) is 0 Å². The maximum atomic E-state index is 13.8. The molecule has 1 fully saturated rings. The van der Waals surface area contributed by atoms with Crippen molar-refractivity contribution < 1.29 is 19.4 Å². The Balaban J connectivity index is 1.64. The summed E-state index contributed by atoms with van der Waals surface area (Å²) in [5, 5.41) is 12.7. The number of carboxylic acid groups (broad SMARTS) is 1. The Labute approximate surface area is 241 Å². The maximum Gasteiger partial charge on any atom is 0.305 e. The van der Waals surface area contributed by atoms with Gasteiger partial charge in [0.1, 0.15) is 6.04 Å². The summed E-state index contributed by atoms with van der Waals surface area (Å²) >= 11 is 0. The van der Waals surface area contributed by atoms with Crippen LogP contribution in [-0.4, -0.2) is 57.7 Å². The first-order chi connectivity index (χ1) is 19.6. The van der Waals surface area contributed by atoms with Gasteiger partial charge in [-0.15, -0.1) is 0 Å². The first-order valence-corrected chi connectivity index (χ1v) is 14.2. The van der Waals surface area contributed by atoms with Crippen molar-refractivity contribution in [3.05, 3.63) is 87.6 Å². The van der Waals surface area contributed by atoms with Gasteiger partial charge in [-0.05, 0) is 60.1 Å². The van der Waals surface area contributed by atoms with E-state index in [9.17, 15) is 19.5 Å². The molecule has 1 saturated heterocycles. The Hall–Kier alpha value is -3.82. The van der Waals surface area contributed by atoms with Crippen LogP contribution in [0.25, 0.3) is 11.1 Å². The normalized spacial score (nSPS) is 15.4. The highest BCUT2D eigenvalue weighted by Gasteiger charge is 2.27. The van der Waals surface area contributed by atoms with E-state index in [4.69, 9.17) is 4.74 Å². The number of carbonyl (C=O) groups excluding carboxylic acids is 1. The van der Waals surface area contributed by atoms with Crippen molar-refractivity contribution >= 4 is 11.9 Å². The summed E-state index contributed by atoms with van der Waals surface area (Å²) in [5.74, 6) is -1.32. The third-order valence-corrected chi connectivity index (χ3v) is 7.47.